The van der Waals surface area contributed by atoms with Crippen LogP contribution >= 0.6 is 27.7 Å². The molecular weight excluding hydrogens is 568 g/mol. The van der Waals surface area contributed by atoms with Crippen LogP contribution < -0.4 is 14.8 Å². The Morgan fingerprint density at radius 3 is 2.68 bits per heavy atom. The van der Waals surface area contributed by atoms with E-state index in [4.69, 9.17) is 19.3 Å². The fourth-order valence-corrected chi connectivity index (χ4v) is 4.94. The number of benzene rings is 2. The van der Waals surface area contributed by atoms with E-state index in [1.54, 1.807) is 22.5 Å². The summed E-state index contributed by atoms with van der Waals surface area (Å²) in [5.74, 6) is 2.21. The Hall–Kier alpha value is -3.24. The second-order valence-corrected chi connectivity index (χ2v) is 10.5. The van der Waals surface area contributed by atoms with Gasteiger partial charge < -0.3 is 19.5 Å². The maximum absolute atomic E-state index is 13.2. The number of thioether (sulfide) groups is 1. The second-order valence-electron chi connectivity index (χ2n) is 8.52. The van der Waals surface area contributed by atoms with Gasteiger partial charge in [-0.1, -0.05) is 65.5 Å². The molecular formula is C28H31BrN4O4S. The predicted octanol–water partition coefficient (Wildman–Crippen LogP) is 6.54. The molecule has 2 aromatic carbocycles. The van der Waals surface area contributed by atoms with Crippen molar-refractivity contribution in [2.45, 2.75) is 45.0 Å². The summed E-state index contributed by atoms with van der Waals surface area (Å²) in [4.78, 5) is 17.9. The molecule has 1 aliphatic rings. The quantitative estimate of drug-likeness (QED) is 0.143. The third-order valence-electron chi connectivity index (χ3n) is 5.71. The Morgan fingerprint density at radius 2 is 1.97 bits per heavy atom. The van der Waals surface area contributed by atoms with Crippen LogP contribution in [0, 0.1) is 0 Å². The molecule has 10 heteroatoms. The van der Waals surface area contributed by atoms with Gasteiger partial charge in [0.25, 0.3) is 0 Å². The lowest BCUT2D eigenvalue weighted by Gasteiger charge is -2.28. The Labute approximate surface area is 235 Å². The number of rotatable bonds is 12. The first kappa shape index (κ1) is 27.8. The van der Waals surface area contributed by atoms with Gasteiger partial charge in [0.1, 0.15) is 19.3 Å². The zero-order valence-corrected chi connectivity index (χ0v) is 24.1. The van der Waals surface area contributed by atoms with Gasteiger partial charge >= 0.3 is 5.97 Å². The van der Waals surface area contributed by atoms with E-state index in [1.165, 1.54) is 0 Å². The largest absolute Gasteiger partial charge is 0.490 e. The first-order valence-electron chi connectivity index (χ1n) is 12.4. The lowest BCUT2D eigenvalue weighted by atomic mass is 9.95. The second kappa shape index (κ2) is 13.0. The summed E-state index contributed by atoms with van der Waals surface area (Å²) in [6.07, 6.45) is 2.55. The smallest absolute Gasteiger partial charge is 0.338 e. The Kier molecular flexibility index (Phi) is 9.52. The molecule has 2 heterocycles. The van der Waals surface area contributed by atoms with E-state index in [9.17, 15) is 4.79 Å². The van der Waals surface area contributed by atoms with E-state index in [-0.39, 0.29) is 6.61 Å². The zero-order valence-electron chi connectivity index (χ0n) is 21.7. The number of carbonyl (C=O) groups is 1. The van der Waals surface area contributed by atoms with Crippen LogP contribution in [0.1, 0.15) is 44.4 Å². The van der Waals surface area contributed by atoms with Gasteiger partial charge in [0, 0.05) is 15.9 Å². The number of hydrogen-bond acceptors (Lipinski definition) is 8. The molecule has 4 rings (SSSR count). The minimum absolute atomic E-state index is 0.108. The van der Waals surface area contributed by atoms with Crippen molar-refractivity contribution in [1.82, 2.24) is 14.8 Å². The molecule has 0 spiro atoms. The average molecular weight is 600 g/mol. The number of esters is 1. The Balaban J connectivity index is 1.72. The summed E-state index contributed by atoms with van der Waals surface area (Å²) in [5.41, 5.74) is 2.94. The van der Waals surface area contributed by atoms with Crippen LogP contribution in [0.4, 0.5) is 5.95 Å². The van der Waals surface area contributed by atoms with Crippen molar-refractivity contribution >= 4 is 39.6 Å². The molecule has 1 aliphatic heterocycles. The molecule has 38 heavy (non-hydrogen) atoms. The van der Waals surface area contributed by atoms with E-state index in [1.807, 2.05) is 56.3 Å². The predicted molar refractivity (Wildman–Crippen MR) is 153 cm³/mol. The van der Waals surface area contributed by atoms with E-state index < -0.39 is 12.0 Å². The first-order chi connectivity index (χ1) is 18.4. The average Bonchev–Trinajstić information content (AvgIpc) is 3.32. The van der Waals surface area contributed by atoms with Gasteiger partial charge in [-0.2, -0.15) is 4.98 Å². The topological polar surface area (TPSA) is 87.5 Å². The van der Waals surface area contributed by atoms with Crippen molar-refractivity contribution in [2.24, 2.45) is 0 Å². The van der Waals surface area contributed by atoms with Gasteiger partial charge in [0.05, 0.1) is 12.2 Å². The van der Waals surface area contributed by atoms with E-state index in [0.29, 0.717) is 47.1 Å². The van der Waals surface area contributed by atoms with Crippen LogP contribution in [-0.2, 0) is 16.1 Å². The highest BCUT2D eigenvalue weighted by Gasteiger charge is 2.35. The van der Waals surface area contributed by atoms with E-state index >= 15 is 0 Å². The first-order valence-corrected chi connectivity index (χ1v) is 14.2. The molecule has 8 nitrogen and oxygen atoms in total. The SMILES string of the molecule is C=CCOC(=O)C1=C(C)Nc2nc(SCCC)nn2C1c1ccc(OCc2ccc(Br)cc2)c(OCC)c1. The van der Waals surface area contributed by atoms with Crippen LogP contribution in [-0.4, -0.2) is 39.7 Å². The standard InChI is InChI=1S/C28H31BrN4O4S/c1-5-14-36-26(34)24-18(4)30-27-31-28(38-15-6-2)32-33(27)25(24)20-10-13-22(23(16-20)35-7-3)37-17-19-8-11-21(29)12-9-19/h5,8-13,16,25H,1,6-7,14-15,17H2,2-4H3,(H,30,31,32). The molecule has 1 N–H and O–H groups in total. The monoisotopic (exact) mass is 598 g/mol. The van der Waals surface area contributed by atoms with Crippen molar-refractivity contribution in [3.63, 3.8) is 0 Å². The zero-order chi connectivity index (χ0) is 27.1. The molecule has 0 aliphatic carbocycles. The minimum Gasteiger partial charge on any atom is -0.490 e. The summed E-state index contributed by atoms with van der Waals surface area (Å²) < 4.78 is 20.3. The molecule has 200 valence electrons. The Morgan fingerprint density at radius 1 is 1.18 bits per heavy atom. The number of halogens is 1. The van der Waals surface area contributed by atoms with Crippen LogP contribution in [0.5, 0.6) is 11.5 Å². The van der Waals surface area contributed by atoms with Gasteiger partial charge in [-0.3, -0.25) is 0 Å². The summed E-state index contributed by atoms with van der Waals surface area (Å²) in [5, 5.41) is 8.62. The number of nitrogens with one attached hydrogen (secondary N) is 1. The summed E-state index contributed by atoms with van der Waals surface area (Å²) in [6, 6.07) is 13.1. The molecule has 0 radical (unpaired) electrons. The molecule has 0 saturated heterocycles. The molecule has 1 atom stereocenters. The lowest BCUT2D eigenvalue weighted by Crippen LogP contribution is -2.29. The number of hydrogen-bond donors (Lipinski definition) is 1. The molecule has 0 bridgehead atoms. The summed E-state index contributed by atoms with van der Waals surface area (Å²) in [7, 11) is 0. The highest BCUT2D eigenvalue weighted by atomic mass is 79.9. The fourth-order valence-electron chi connectivity index (χ4n) is 3.99. The third-order valence-corrected chi connectivity index (χ3v) is 7.28. The fraction of sp³-hybridized carbons (Fsp3) is 0.321. The molecule has 0 saturated carbocycles. The number of fused-ring (bicyclic) bond motifs is 1. The van der Waals surface area contributed by atoms with E-state index in [0.717, 1.165) is 27.8 Å². The number of nitrogens with zero attached hydrogens (tertiary/aromatic N) is 3. The summed E-state index contributed by atoms with van der Waals surface area (Å²) in [6.45, 7) is 10.5. The minimum atomic E-state index is -0.563. The van der Waals surface area contributed by atoms with Crippen LogP contribution in [0.2, 0.25) is 0 Å². The third kappa shape index (κ3) is 6.42. The number of ether oxygens (including phenoxy) is 3. The van der Waals surface area contributed by atoms with Gasteiger partial charge in [-0.15, -0.1) is 5.10 Å². The molecule has 1 aromatic heterocycles. The van der Waals surface area contributed by atoms with Gasteiger partial charge in [-0.05, 0) is 55.7 Å². The van der Waals surface area contributed by atoms with Crippen molar-refractivity contribution in [3.05, 3.63) is 82.0 Å². The van der Waals surface area contributed by atoms with Crippen molar-refractivity contribution in [1.29, 1.82) is 0 Å². The van der Waals surface area contributed by atoms with Crippen molar-refractivity contribution in [2.75, 3.05) is 24.3 Å². The van der Waals surface area contributed by atoms with Crippen LogP contribution in [0.3, 0.4) is 0 Å². The normalized spacial score (nSPS) is 14.5. The highest BCUT2D eigenvalue weighted by molar-refractivity contribution is 9.10. The number of allylic oxidation sites excluding steroid dienone is 1. The maximum atomic E-state index is 13.2. The van der Waals surface area contributed by atoms with Gasteiger partial charge in [-0.25, -0.2) is 9.48 Å². The molecule has 3 aromatic rings. The molecule has 0 fully saturated rings. The Bertz CT molecular complexity index is 1320. The lowest BCUT2D eigenvalue weighted by molar-refractivity contribution is -0.138. The number of anilines is 1. The summed E-state index contributed by atoms with van der Waals surface area (Å²) >= 11 is 5.03. The van der Waals surface area contributed by atoms with Crippen molar-refractivity contribution in [3.8, 4) is 11.5 Å². The number of aromatic nitrogens is 3. The molecule has 0 amide bonds. The van der Waals surface area contributed by atoms with E-state index in [2.05, 4.69) is 39.7 Å². The molecule has 1 unspecified atom stereocenters. The van der Waals surface area contributed by atoms with Crippen LogP contribution in [0.25, 0.3) is 0 Å². The van der Waals surface area contributed by atoms with Gasteiger partial charge in [0.2, 0.25) is 11.1 Å². The van der Waals surface area contributed by atoms with Gasteiger partial charge in [0.15, 0.2) is 11.5 Å². The highest BCUT2D eigenvalue weighted by Crippen LogP contribution is 2.40. The van der Waals surface area contributed by atoms with Crippen molar-refractivity contribution < 1.29 is 19.0 Å². The van der Waals surface area contributed by atoms with Crippen LogP contribution in [0.15, 0.2) is 76.0 Å². The number of carbonyl (C=O) groups excluding carboxylic acids is 1. The maximum Gasteiger partial charge on any atom is 0.338 e.